The van der Waals surface area contributed by atoms with Crippen molar-refractivity contribution in [3.8, 4) is 0 Å². The maximum atomic E-state index is 11.9. The molecule has 0 saturated heterocycles. The normalized spacial score (nSPS) is 11.7. The lowest BCUT2D eigenvalue weighted by Gasteiger charge is -2.19. The highest BCUT2D eigenvalue weighted by molar-refractivity contribution is 5.71. The van der Waals surface area contributed by atoms with E-state index in [2.05, 4.69) is 6.92 Å². The van der Waals surface area contributed by atoms with E-state index in [0.29, 0.717) is 92.3 Å². The van der Waals surface area contributed by atoms with Gasteiger partial charge in [0.2, 0.25) is 0 Å². The van der Waals surface area contributed by atoms with Crippen LogP contribution in [0, 0.1) is 0 Å². The number of carbonyl (C=O) groups is 2. The molecule has 0 spiro atoms. The van der Waals surface area contributed by atoms with E-state index in [1.165, 1.54) is 83.5 Å². The van der Waals surface area contributed by atoms with Crippen molar-refractivity contribution in [1.82, 2.24) is 0 Å². The predicted octanol–water partition coefficient (Wildman–Crippen LogP) is 7.25. The van der Waals surface area contributed by atoms with Gasteiger partial charge in [-0.05, 0) is 27.2 Å². The fourth-order valence-electron chi connectivity index (χ4n) is 4.77. The molecule has 0 aromatic heterocycles. The molecule has 11 heteroatoms. The zero-order chi connectivity index (χ0) is 35.9. The minimum Gasteiger partial charge on any atom is -0.463 e. The van der Waals surface area contributed by atoms with Crippen LogP contribution in [-0.2, 0) is 52.2 Å². The van der Waals surface area contributed by atoms with Crippen LogP contribution in [0.15, 0.2) is 0 Å². The topological polar surface area (TPSA) is 117 Å². The first-order valence-electron chi connectivity index (χ1n) is 19.3. The van der Waals surface area contributed by atoms with E-state index in [0.717, 1.165) is 12.8 Å². The van der Waals surface area contributed by atoms with E-state index >= 15 is 0 Å². The maximum Gasteiger partial charge on any atom is 0.332 e. The summed E-state index contributed by atoms with van der Waals surface area (Å²) in [4.78, 5) is 23.4. The van der Waals surface area contributed by atoms with Gasteiger partial charge >= 0.3 is 11.9 Å². The lowest BCUT2D eigenvalue weighted by atomic mass is 10.0. The molecule has 0 atom stereocenters. The first-order chi connectivity index (χ1) is 23.8. The van der Waals surface area contributed by atoms with Crippen LogP contribution in [0.3, 0.4) is 0 Å². The molecule has 0 bridgehead atoms. The van der Waals surface area contributed by atoms with Gasteiger partial charge in [0.25, 0.3) is 0 Å². The van der Waals surface area contributed by atoms with Gasteiger partial charge in [-0.25, -0.2) is 4.79 Å². The Labute approximate surface area is 299 Å². The molecular weight excluding hydrogens is 632 g/mol. The van der Waals surface area contributed by atoms with Crippen LogP contribution in [-0.4, -0.2) is 117 Å². The minimum absolute atomic E-state index is 0.0824. The Morgan fingerprint density at radius 2 is 0.694 bits per heavy atom. The van der Waals surface area contributed by atoms with Gasteiger partial charge in [-0.2, -0.15) is 0 Å². The Hall–Kier alpha value is -1.34. The number of ether oxygens (including phenoxy) is 9. The molecule has 292 valence electrons. The summed E-state index contributed by atoms with van der Waals surface area (Å²) >= 11 is 0. The average Bonchev–Trinajstić information content (AvgIpc) is 3.06. The Balaban J connectivity index is 3.18. The van der Waals surface area contributed by atoms with Crippen LogP contribution in [0.25, 0.3) is 0 Å². The van der Waals surface area contributed by atoms with E-state index in [-0.39, 0.29) is 25.2 Å². The van der Waals surface area contributed by atoms with Crippen molar-refractivity contribution in [3.63, 3.8) is 0 Å². The molecule has 0 unspecified atom stereocenters. The van der Waals surface area contributed by atoms with E-state index in [1.54, 1.807) is 0 Å². The second-order valence-corrected chi connectivity index (χ2v) is 13.2. The van der Waals surface area contributed by atoms with E-state index in [4.69, 9.17) is 42.6 Å². The Bertz CT molecular complexity index is 700. The standard InChI is InChI=1S/C38H74O11/c1-5-6-7-8-9-10-11-12-13-14-15-16-17-18-19-20-36(39)48-34-33-46-30-29-44-26-25-42-22-21-41-23-24-43-27-28-45-31-32-47-35-37(40)49-38(2,3)4/h5-35H2,1-4H3. The summed E-state index contributed by atoms with van der Waals surface area (Å²) in [5.41, 5.74) is -0.510. The van der Waals surface area contributed by atoms with Gasteiger partial charge in [0, 0.05) is 6.42 Å². The highest BCUT2D eigenvalue weighted by atomic mass is 16.6. The van der Waals surface area contributed by atoms with Gasteiger partial charge in [-0.3, -0.25) is 4.79 Å². The molecule has 0 amide bonds. The van der Waals surface area contributed by atoms with Crippen molar-refractivity contribution in [2.24, 2.45) is 0 Å². The summed E-state index contributed by atoms with van der Waals surface area (Å²) in [6, 6.07) is 0. The molecule has 0 aliphatic carbocycles. The van der Waals surface area contributed by atoms with Gasteiger partial charge in [0.15, 0.2) is 0 Å². The van der Waals surface area contributed by atoms with Crippen molar-refractivity contribution in [3.05, 3.63) is 0 Å². The lowest BCUT2D eigenvalue weighted by Crippen LogP contribution is -2.27. The quantitative estimate of drug-likeness (QED) is 0.0475. The number of hydrogen-bond acceptors (Lipinski definition) is 11. The molecule has 0 heterocycles. The molecule has 49 heavy (non-hydrogen) atoms. The van der Waals surface area contributed by atoms with Crippen LogP contribution < -0.4 is 0 Å². The minimum atomic E-state index is -0.510. The molecule has 0 fully saturated rings. The van der Waals surface area contributed by atoms with Crippen LogP contribution >= 0.6 is 0 Å². The van der Waals surface area contributed by atoms with Crippen molar-refractivity contribution in [1.29, 1.82) is 0 Å². The van der Waals surface area contributed by atoms with Gasteiger partial charge in [0.05, 0.1) is 85.9 Å². The summed E-state index contributed by atoms with van der Waals surface area (Å²) in [5.74, 6) is -0.520. The summed E-state index contributed by atoms with van der Waals surface area (Å²) in [7, 11) is 0. The van der Waals surface area contributed by atoms with E-state index in [9.17, 15) is 9.59 Å². The highest BCUT2D eigenvalue weighted by Crippen LogP contribution is 2.14. The molecule has 0 N–H and O–H groups in total. The van der Waals surface area contributed by atoms with Gasteiger partial charge in [0.1, 0.15) is 18.8 Å². The first-order valence-corrected chi connectivity index (χ1v) is 19.3. The number of hydrogen-bond donors (Lipinski definition) is 0. The summed E-state index contributed by atoms with van der Waals surface area (Å²) in [6.07, 6.45) is 20.2. The fourth-order valence-corrected chi connectivity index (χ4v) is 4.77. The van der Waals surface area contributed by atoms with Gasteiger partial charge in [-0.1, -0.05) is 96.8 Å². The fraction of sp³-hybridized carbons (Fsp3) is 0.947. The van der Waals surface area contributed by atoms with Crippen molar-refractivity contribution in [2.75, 3.05) is 99.1 Å². The van der Waals surface area contributed by atoms with Crippen molar-refractivity contribution in [2.45, 2.75) is 136 Å². The number of rotatable bonds is 39. The smallest absolute Gasteiger partial charge is 0.332 e. The average molecular weight is 707 g/mol. The number of unbranched alkanes of at least 4 members (excludes halogenated alkanes) is 14. The number of esters is 2. The second-order valence-electron chi connectivity index (χ2n) is 13.2. The van der Waals surface area contributed by atoms with Gasteiger partial charge < -0.3 is 42.6 Å². The van der Waals surface area contributed by atoms with Crippen LogP contribution in [0.5, 0.6) is 0 Å². The third-order valence-electron chi connectivity index (χ3n) is 7.35. The molecule has 0 radical (unpaired) electrons. The second kappa shape index (κ2) is 37.9. The first kappa shape index (κ1) is 47.7. The zero-order valence-corrected chi connectivity index (χ0v) is 31.9. The third kappa shape index (κ3) is 42.7. The van der Waals surface area contributed by atoms with Crippen molar-refractivity contribution >= 4 is 11.9 Å². The maximum absolute atomic E-state index is 11.9. The highest BCUT2D eigenvalue weighted by Gasteiger charge is 2.15. The van der Waals surface area contributed by atoms with E-state index in [1.807, 2.05) is 20.8 Å². The van der Waals surface area contributed by atoms with Crippen LogP contribution in [0.1, 0.15) is 130 Å². The Morgan fingerprint density at radius 3 is 1.04 bits per heavy atom. The Kier molecular flexibility index (Phi) is 36.9. The van der Waals surface area contributed by atoms with E-state index < -0.39 is 5.60 Å². The van der Waals surface area contributed by atoms with Crippen molar-refractivity contribution < 1.29 is 52.2 Å². The largest absolute Gasteiger partial charge is 0.463 e. The van der Waals surface area contributed by atoms with Crippen LogP contribution in [0.4, 0.5) is 0 Å². The molecule has 0 rings (SSSR count). The third-order valence-corrected chi connectivity index (χ3v) is 7.35. The predicted molar refractivity (Wildman–Crippen MR) is 192 cm³/mol. The zero-order valence-electron chi connectivity index (χ0n) is 31.9. The SMILES string of the molecule is CCCCCCCCCCCCCCCCCC(=O)OCCOCCOCCOCCOCCOCCOCCOCC(=O)OC(C)(C)C. The lowest BCUT2D eigenvalue weighted by molar-refractivity contribution is -0.160. The molecule has 0 aromatic rings. The molecule has 0 saturated carbocycles. The monoisotopic (exact) mass is 707 g/mol. The Morgan fingerprint density at radius 1 is 0.388 bits per heavy atom. The summed E-state index contributed by atoms with van der Waals surface area (Å²) in [5, 5.41) is 0. The molecule has 0 aromatic carbocycles. The van der Waals surface area contributed by atoms with Gasteiger partial charge in [-0.15, -0.1) is 0 Å². The summed E-state index contributed by atoms with van der Waals surface area (Å²) < 4.78 is 48.3. The molecule has 11 nitrogen and oxygen atoms in total. The molecule has 0 aliphatic rings. The summed E-state index contributed by atoms with van der Waals surface area (Å²) in [6.45, 7) is 13.7. The molecule has 0 aliphatic heterocycles. The number of carbonyl (C=O) groups excluding carboxylic acids is 2. The van der Waals surface area contributed by atoms with Crippen LogP contribution in [0.2, 0.25) is 0 Å². The molecular formula is C38H74O11.